The van der Waals surface area contributed by atoms with Gasteiger partial charge in [-0.1, -0.05) is 56.3 Å². The van der Waals surface area contributed by atoms with Crippen LogP contribution >= 0.6 is 0 Å². The van der Waals surface area contributed by atoms with Crippen molar-refractivity contribution in [3.63, 3.8) is 0 Å². The van der Waals surface area contributed by atoms with Crippen LogP contribution in [-0.4, -0.2) is 41.7 Å². The molecule has 1 aliphatic heterocycles. The molecule has 1 saturated carbocycles. The van der Waals surface area contributed by atoms with Gasteiger partial charge in [-0.2, -0.15) is 0 Å². The van der Waals surface area contributed by atoms with Gasteiger partial charge in [0, 0.05) is 47.7 Å². The van der Waals surface area contributed by atoms with Crippen LogP contribution in [0.15, 0.2) is 54.6 Å². The van der Waals surface area contributed by atoms with Gasteiger partial charge >= 0.3 is 5.97 Å². The van der Waals surface area contributed by atoms with Crippen molar-refractivity contribution in [1.29, 1.82) is 0 Å². The highest BCUT2D eigenvalue weighted by Gasteiger charge is 2.62. The van der Waals surface area contributed by atoms with Crippen molar-refractivity contribution in [3.8, 4) is 11.1 Å². The maximum atomic E-state index is 13.7. The first-order valence-electron chi connectivity index (χ1n) is 15.7. The van der Waals surface area contributed by atoms with Gasteiger partial charge in [-0.15, -0.1) is 0 Å². The van der Waals surface area contributed by atoms with Gasteiger partial charge in [-0.3, -0.25) is 9.78 Å². The summed E-state index contributed by atoms with van der Waals surface area (Å²) in [7, 11) is 0. The van der Waals surface area contributed by atoms with Crippen molar-refractivity contribution < 1.29 is 19.1 Å². The predicted octanol–water partition coefficient (Wildman–Crippen LogP) is 7.20. The summed E-state index contributed by atoms with van der Waals surface area (Å²) in [5.74, 6) is 0.650. The zero-order valence-electron chi connectivity index (χ0n) is 27.7. The molecule has 3 unspecified atom stereocenters. The Bertz CT molecular complexity index is 1510. The van der Waals surface area contributed by atoms with Crippen LogP contribution in [0.2, 0.25) is 0 Å². The second kappa shape index (κ2) is 12.0. The Labute approximate surface area is 262 Å². The number of aryl methyl sites for hydroxylation is 2. The largest absolute Gasteiger partial charge is 0.461 e. The first kappa shape index (κ1) is 31.7. The number of hydrogen-bond donors (Lipinski definition) is 1. The summed E-state index contributed by atoms with van der Waals surface area (Å²) in [4.78, 5) is 34.1. The predicted molar refractivity (Wildman–Crippen MR) is 175 cm³/mol. The third-order valence-corrected chi connectivity index (χ3v) is 9.05. The molecule has 7 nitrogen and oxygen atoms in total. The minimum Gasteiger partial charge on any atom is -0.461 e. The molecule has 1 saturated heterocycles. The van der Waals surface area contributed by atoms with E-state index in [0.29, 0.717) is 29.4 Å². The second-order valence-corrected chi connectivity index (χ2v) is 14.2. The van der Waals surface area contributed by atoms with Gasteiger partial charge in [0.05, 0.1) is 17.4 Å². The number of benzene rings is 2. The number of fused-ring (bicyclic) bond motifs is 1. The first-order chi connectivity index (χ1) is 20.7. The van der Waals surface area contributed by atoms with Crippen LogP contribution in [0.4, 0.5) is 5.69 Å². The van der Waals surface area contributed by atoms with Crippen LogP contribution < -0.4 is 10.2 Å². The number of nitrogens with one attached hydrogen (secondary N) is 1. The molecule has 2 aliphatic rings. The Morgan fingerprint density at radius 3 is 2.16 bits per heavy atom. The molecule has 3 aromatic rings. The number of ether oxygens (including phenoxy) is 2. The van der Waals surface area contributed by atoms with E-state index < -0.39 is 17.7 Å². The van der Waals surface area contributed by atoms with Crippen molar-refractivity contribution in [1.82, 2.24) is 10.3 Å². The van der Waals surface area contributed by atoms with Crippen molar-refractivity contribution in [2.45, 2.75) is 86.7 Å². The highest BCUT2D eigenvalue weighted by molar-refractivity contribution is 5.95. The van der Waals surface area contributed by atoms with Gasteiger partial charge in [0.25, 0.3) is 5.91 Å². The van der Waals surface area contributed by atoms with E-state index >= 15 is 0 Å². The molecule has 234 valence electrons. The number of aromatic nitrogens is 1. The van der Waals surface area contributed by atoms with Crippen LogP contribution in [0, 0.1) is 31.1 Å². The number of amides is 1. The van der Waals surface area contributed by atoms with Gasteiger partial charge in [0.1, 0.15) is 0 Å². The molecule has 7 heteroatoms. The molecule has 0 radical (unpaired) electrons. The van der Waals surface area contributed by atoms with E-state index in [-0.39, 0.29) is 12.0 Å². The fraction of sp³-hybridized carbons (Fsp3) is 0.486. The smallest absolute Gasteiger partial charge is 0.340 e. The molecule has 1 N–H and O–H groups in total. The zero-order chi connectivity index (χ0) is 32.0. The van der Waals surface area contributed by atoms with Crippen LogP contribution in [0.5, 0.6) is 0 Å². The summed E-state index contributed by atoms with van der Waals surface area (Å²) in [5, 5.41) is 3.01. The normalized spacial score (nSPS) is 19.5. The molecule has 3 atom stereocenters. The van der Waals surface area contributed by atoms with Gasteiger partial charge in [-0.25, -0.2) is 4.79 Å². The summed E-state index contributed by atoms with van der Waals surface area (Å²) in [5.41, 5.74) is 6.62. The molecule has 2 fully saturated rings. The summed E-state index contributed by atoms with van der Waals surface area (Å²) >= 11 is 0. The molecule has 0 spiro atoms. The molecule has 0 bridgehead atoms. The van der Waals surface area contributed by atoms with Crippen LogP contribution in [-0.2, 0) is 20.8 Å². The highest BCUT2D eigenvalue weighted by atomic mass is 16.6. The lowest BCUT2D eigenvalue weighted by molar-refractivity contribution is -0.171. The van der Waals surface area contributed by atoms with E-state index in [2.05, 4.69) is 24.1 Å². The average molecular weight is 598 g/mol. The summed E-state index contributed by atoms with van der Waals surface area (Å²) in [6, 6.07) is 17.6. The third-order valence-electron chi connectivity index (χ3n) is 9.05. The number of piperidine rings is 1. The SMILES string of the molecule is Cc1nc(C)c(C(OC(C)(C)C)C(=O)OC(C)C)c(N2CC3C(C2)C3(C)C)c1-c1ccc(C(=O)NCc2ccccc2)cc1. The fourth-order valence-corrected chi connectivity index (χ4v) is 6.69. The molecule has 2 aromatic carbocycles. The Kier molecular flexibility index (Phi) is 8.65. The average Bonchev–Trinajstić information content (AvgIpc) is 3.24. The molecule has 5 rings (SSSR count). The zero-order valence-corrected chi connectivity index (χ0v) is 27.7. The minimum absolute atomic E-state index is 0.128. The number of anilines is 1. The second-order valence-electron chi connectivity index (χ2n) is 14.2. The molecule has 44 heavy (non-hydrogen) atoms. The van der Waals surface area contributed by atoms with E-state index in [4.69, 9.17) is 14.5 Å². The lowest BCUT2D eigenvalue weighted by Gasteiger charge is -2.34. The Morgan fingerprint density at radius 2 is 1.59 bits per heavy atom. The lowest BCUT2D eigenvalue weighted by atomic mass is 9.92. The maximum Gasteiger partial charge on any atom is 0.340 e. The van der Waals surface area contributed by atoms with E-state index in [1.807, 2.05) is 103 Å². The van der Waals surface area contributed by atoms with Gasteiger partial charge in [0.15, 0.2) is 6.10 Å². The van der Waals surface area contributed by atoms with E-state index in [0.717, 1.165) is 52.4 Å². The van der Waals surface area contributed by atoms with E-state index in [1.54, 1.807) is 0 Å². The lowest BCUT2D eigenvalue weighted by Crippen LogP contribution is -2.34. The number of nitrogens with zero attached hydrogens (tertiary/aromatic N) is 2. The van der Waals surface area contributed by atoms with Crippen LogP contribution in [0.1, 0.15) is 87.4 Å². The van der Waals surface area contributed by atoms with Crippen molar-refractivity contribution in [2.24, 2.45) is 17.3 Å². The fourth-order valence-electron chi connectivity index (χ4n) is 6.69. The Balaban J connectivity index is 1.57. The third kappa shape index (κ3) is 6.53. The maximum absolute atomic E-state index is 13.7. The minimum atomic E-state index is -0.938. The summed E-state index contributed by atoms with van der Waals surface area (Å²) in [6.07, 6.45) is -1.22. The van der Waals surface area contributed by atoms with Gasteiger partial charge in [-0.05, 0) is 89.0 Å². The first-order valence-corrected chi connectivity index (χ1v) is 15.7. The highest BCUT2D eigenvalue weighted by Crippen LogP contribution is 2.63. The molecular weight excluding hydrogens is 550 g/mol. The number of hydrogen-bond acceptors (Lipinski definition) is 6. The molecular formula is C37H47N3O4. The quantitative estimate of drug-likeness (QED) is 0.263. The Hall–Kier alpha value is -3.71. The number of carbonyl (C=O) groups excluding carboxylic acids is 2. The molecule has 1 amide bonds. The van der Waals surface area contributed by atoms with Crippen molar-refractivity contribution >= 4 is 17.6 Å². The van der Waals surface area contributed by atoms with E-state index in [1.165, 1.54) is 0 Å². The van der Waals surface area contributed by atoms with Crippen LogP contribution in [0.3, 0.4) is 0 Å². The summed E-state index contributed by atoms with van der Waals surface area (Å²) < 4.78 is 12.3. The van der Waals surface area contributed by atoms with Crippen molar-refractivity contribution in [2.75, 3.05) is 18.0 Å². The van der Waals surface area contributed by atoms with Gasteiger partial charge in [0.2, 0.25) is 0 Å². The number of esters is 1. The number of pyridine rings is 1. The van der Waals surface area contributed by atoms with Crippen LogP contribution in [0.25, 0.3) is 11.1 Å². The number of carbonyl (C=O) groups is 2. The number of rotatable bonds is 9. The van der Waals surface area contributed by atoms with E-state index in [9.17, 15) is 9.59 Å². The monoisotopic (exact) mass is 597 g/mol. The molecule has 1 aromatic heterocycles. The van der Waals surface area contributed by atoms with Crippen molar-refractivity contribution in [3.05, 3.63) is 82.7 Å². The van der Waals surface area contributed by atoms with Gasteiger partial charge < -0.3 is 19.7 Å². The molecule has 2 heterocycles. The topological polar surface area (TPSA) is 80.8 Å². The standard InChI is InChI=1S/C37H47N3O4/c1-22(2)43-35(42)33(44-36(5,6)7)31-24(4)39-23(3)30(32(31)40-20-28-29(21-40)37(28,8)9)26-15-17-27(18-16-26)34(41)38-19-25-13-11-10-12-14-25/h10-18,22,28-29,33H,19-21H2,1-9H3,(H,38,41). The summed E-state index contributed by atoms with van der Waals surface area (Å²) in [6.45, 7) is 20.5. The molecule has 1 aliphatic carbocycles. The Morgan fingerprint density at radius 1 is 0.977 bits per heavy atom.